The Kier molecular flexibility index (Phi) is 4.40. The van der Waals surface area contributed by atoms with Gasteiger partial charge in [-0.25, -0.2) is 0 Å². The Balaban J connectivity index is 1.46. The number of aliphatic hydroxyl groups excluding tert-OH is 1. The molecule has 4 aliphatic rings. The molecule has 0 spiro atoms. The number of hydrogen-bond donors (Lipinski definition) is 1. The van der Waals surface area contributed by atoms with E-state index in [1.54, 1.807) is 0 Å². The smallest absolute Gasteiger partial charge is 0.0830 e. The van der Waals surface area contributed by atoms with Crippen LogP contribution in [-0.4, -0.2) is 37.1 Å². The lowest BCUT2D eigenvalue weighted by Crippen LogP contribution is -2.52. The minimum absolute atomic E-state index is 0.188. The van der Waals surface area contributed by atoms with Crippen molar-refractivity contribution in [1.82, 2.24) is 0 Å². The Labute approximate surface area is 123 Å². The lowest BCUT2D eigenvalue weighted by atomic mass is 9.48. The molecule has 1 N–H and O–H groups in total. The molecule has 4 bridgehead atoms. The minimum Gasteiger partial charge on any atom is -0.390 e. The average Bonchev–Trinajstić information content (AvgIpc) is 2.36. The van der Waals surface area contributed by atoms with Gasteiger partial charge in [0.15, 0.2) is 0 Å². The molecule has 4 saturated carbocycles. The SMILES string of the molecule is CC(C)OCCOCC(O)C12CC3CC(CC(C3)C1)C2. The Morgan fingerprint density at radius 1 is 1.00 bits per heavy atom. The van der Waals surface area contributed by atoms with Crippen LogP contribution in [0.3, 0.4) is 0 Å². The van der Waals surface area contributed by atoms with E-state index in [-0.39, 0.29) is 17.6 Å². The van der Waals surface area contributed by atoms with Gasteiger partial charge in [-0.15, -0.1) is 0 Å². The molecule has 0 aromatic carbocycles. The van der Waals surface area contributed by atoms with Crippen molar-refractivity contribution >= 4 is 0 Å². The van der Waals surface area contributed by atoms with Crippen LogP contribution in [0.4, 0.5) is 0 Å². The Bertz CT molecular complexity index is 291. The third-order valence-corrected chi connectivity index (χ3v) is 5.75. The van der Waals surface area contributed by atoms with Gasteiger partial charge < -0.3 is 14.6 Å². The Morgan fingerprint density at radius 2 is 1.55 bits per heavy atom. The molecule has 4 rings (SSSR count). The zero-order valence-electron chi connectivity index (χ0n) is 13.0. The maximum Gasteiger partial charge on any atom is 0.0830 e. The van der Waals surface area contributed by atoms with Crippen molar-refractivity contribution in [2.75, 3.05) is 19.8 Å². The molecule has 3 nitrogen and oxygen atoms in total. The molecule has 4 aliphatic carbocycles. The predicted molar refractivity (Wildman–Crippen MR) is 78.5 cm³/mol. The van der Waals surface area contributed by atoms with Crippen LogP contribution >= 0.6 is 0 Å². The summed E-state index contributed by atoms with van der Waals surface area (Å²) in [5, 5.41) is 10.7. The highest BCUT2D eigenvalue weighted by molar-refractivity contribution is 5.04. The van der Waals surface area contributed by atoms with Crippen molar-refractivity contribution in [2.24, 2.45) is 23.2 Å². The van der Waals surface area contributed by atoms with E-state index in [1.165, 1.54) is 38.5 Å². The van der Waals surface area contributed by atoms with Crippen LogP contribution in [0.2, 0.25) is 0 Å². The maximum absolute atomic E-state index is 10.7. The van der Waals surface area contributed by atoms with Crippen LogP contribution in [0.1, 0.15) is 52.4 Å². The van der Waals surface area contributed by atoms with Gasteiger partial charge in [-0.1, -0.05) is 0 Å². The average molecular weight is 282 g/mol. The summed E-state index contributed by atoms with van der Waals surface area (Å²) in [6.07, 6.45) is 7.99. The first kappa shape index (κ1) is 14.8. The van der Waals surface area contributed by atoms with Crippen LogP contribution in [0.25, 0.3) is 0 Å². The first-order valence-electron chi connectivity index (χ1n) is 8.45. The van der Waals surface area contributed by atoms with E-state index in [1.807, 2.05) is 13.8 Å². The Morgan fingerprint density at radius 3 is 2.05 bits per heavy atom. The van der Waals surface area contributed by atoms with Gasteiger partial charge in [0.05, 0.1) is 32.0 Å². The van der Waals surface area contributed by atoms with E-state index in [2.05, 4.69) is 0 Å². The van der Waals surface area contributed by atoms with Gasteiger partial charge in [0.25, 0.3) is 0 Å². The van der Waals surface area contributed by atoms with E-state index in [0.717, 1.165) is 17.8 Å². The lowest BCUT2D eigenvalue weighted by Gasteiger charge is -2.58. The lowest BCUT2D eigenvalue weighted by molar-refractivity contribution is -0.142. The second-order valence-corrected chi connectivity index (χ2v) is 7.79. The molecule has 3 heteroatoms. The molecular formula is C17H30O3. The van der Waals surface area contributed by atoms with Crippen molar-refractivity contribution in [1.29, 1.82) is 0 Å². The normalized spacial score (nSPS) is 40.5. The van der Waals surface area contributed by atoms with Gasteiger partial charge in [-0.2, -0.15) is 0 Å². The van der Waals surface area contributed by atoms with E-state index in [0.29, 0.717) is 19.8 Å². The largest absolute Gasteiger partial charge is 0.390 e. The molecule has 0 aliphatic heterocycles. The van der Waals surface area contributed by atoms with Crippen molar-refractivity contribution in [3.8, 4) is 0 Å². The molecule has 0 aromatic heterocycles. The summed E-state index contributed by atoms with van der Waals surface area (Å²) < 4.78 is 11.1. The third-order valence-electron chi connectivity index (χ3n) is 5.75. The van der Waals surface area contributed by atoms with Gasteiger partial charge in [0, 0.05) is 0 Å². The summed E-state index contributed by atoms with van der Waals surface area (Å²) in [6, 6.07) is 0. The molecule has 1 atom stereocenters. The minimum atomic E-state index is -0.269. The number of hydrogen-bond acceptors (Lipinski definition) is 3. The van der Waals surface area contributed by atoms with Crippen molar-refractivity contribution in [2.45, 2.75) is 64.6 Å². The van der Waals surface area contributed by atoms with Gasteiger partial charge >= 0.3 is 0 Å². The molecule has 0 radical (unpaired) electrons. The highest BCUT2D eigenvalue weighted by atomic mass is 16.5. The fourth-order valence-electron chi connectivity index (χ4n) is 5.30. The van der Waals surface area contributed by atoms with Crippen molar-refractivity contribution in [3.63, 3.8) is 0 Å². The fraction of sp³-hybridized carbons (Fsp3) is 1.00. The second kappa shape index (κ2) is 5.94. The van der Waals surface area contributed by atoms with Crippen molar-refractivity contribution < 1.29 is 14.6 Å². The van der Waals surface area contributed by atoms with Crippen LogP contribution < -0.4 is 0 Å². The van der Waals surface area contributed by atoms with E-state index < -0.39 is 0 Å². The highest BCUT2D eigenvalue weighted by Gasteiger charge is 2.53. The summed E-state index contributed by atoms with van der Waals surface area (Å²) in [7, 11) is 0. The molecular weight excluding hydrogens is 252 g/mol. The summed E-state index contributed by atoms with van der Waals surface area (Å²) in [5.74, 6) is 2.67. The molecule has 0 amide bonds. The number of rotatable bonds is 7. The van der Waals surface area contributed by atoms with Gasteiger partial charge in [-0.05, 0) is 75.5 Å². The first-order chi connectivity index (χ1) is 9.57. The van der Waals surface area contributed by atoms with E-state index in [4.69, 9.17) is 9.47 Å². The molecule has 0 heterocycles. The summed E-state index contributed by atoms with van der Waals surface area (Å²) in [5.41, 5.74) is 0.188. The quantitative estimate of drug-likeness (QED) is 0.730. The Hall–Kier alpha value is -0.120. The molecule has 0 saturated heterocycles. The zero-order valence-corrected chi connectivity index (χ0v) is 13.0. The molecule has 1 unspecified atom stereocenters. The fourth-order valence-corrected chi connectivity index (χ4v) is 5.30. The van der Waals surface area contributed by atoms with Crippen LogP contribution in [0, 0.1) is 23.2 Å². The van der Waals surface area contributed by atoms with Gasteiger partial charge in [-0.3, -0.25) is 0 Å². The van der Waals surface area contributed by atoms with Crippen molar-refractivity contribution in [3.05, 3.63) is 0 Å². The molecule has 4 fully saturated rings. The summed E-state index contributed by atoms with van der Waals surface area (Å²) >= 11 is 0. The third kappa shape index (κ3) is 3.05. The predicted octanol–water partition coefficient (Wildman–Crippen LogP) is 3.01. The van der Waals surface area contributed by atoms with Gasteiger partial charge in [0.1, 0.15) is 0 Å². The van der Waals surface area contributed by atoms with Crippen LogP contribution in [0.5, 0.6) is 0 Å². The topological polar surface area (TPSA) is 38.7 Å². The summed E-state index contributed by atoms with van der Waals surface area (Å²) in [4.78, 5) is 0. The van der Waals surface area contributed by atoms with Crippen LogP contribution in [-0.2, 0) is 9.47 Å². The standard InChI is InChI=1S/C17H30O3/c1-12(2)20-4-3-19-11-16(18)17-8-13-5-14(9-17)7-15(6-13)10-17/h12-16,18H,3-11H2,1-2H3. The monoisotopic (exact) mass is 282 g/mol. The first-order valence-corrected chi connectivity index (χ1v) is 8.45. The highest BCUT2D eigenvalue weighted by Crippen LogP contribution is 2.61. The second-order valence-electron chi connectivity index (χ2n) is 7.79. The van der Waals surface area contributed by atoms with E-state index >= 15 is 0 Å². The molecule has 0 aromatic rings. The molecule has 116 valence electrons. The number of ether oxygens (including phenoxy) is 2. The van der Waals surface area contributed by atoms with Gasteiger partial charge in [0.2, 0.25) is 0 Å². The van der Waals surface area contributed by atoms with E-state index in [9.17, 15) is 5.11 Å². The van der Waals surface area contributed by atoms with Crippen LogP contribution in [0.15, 0.2) is 0 Å². The zero-order chi connectivity index (χ0) is 14.2. The maximum atomic E-state index is 10.7. The summed E-state index contributed by atoms with van der Waals surface area (Å²) in [6.45, 7) is 5.79. The number of aliphatic hydroxyl groups is 1. The molecule has 20 heavy (non-hydrogen) atoms.